The fraction of sp³-hybridized carbons (Fsp3) is 0.750. The van der Waals surface area contributed by atoms with E-state index in [-0.39, 0.29) is 31.1 Å². The summed E-state index contributed by atoms with van der Waals surface area (Å²) in [5, 5.41) is 31.1. The summed E-state index contributed by atoms with van der Waals surface area (Å²) in [6, 6.07) is 0. The number of esters is 2. The molecule has 0 aromatic carbocycles. The number of carbonyl (C=O) groups excluding carboxylic acids is 2. The Morgan fingerprint density at radius 1 is 0.769 bits per heavy atom. The van der Waals surface area contributed by atoms with Crippen LogP contribution >= 0.6 is 7.82 Å². The zero-order chi connectivity index (χ0) is 38.5. The maximum Gasteiger partial charge on any atom is 0.469 e. The van der Waals surface area contributed by atoms with Gasteiger partial charge in [-0.2, -0.15) is 0 Å². The van der Waals surface area contributed by atoms with E-state index >= 15 is 0 Å². The molecule has 1 aliphatic carbocycles. The first kappa shape index (κ1) is 47.9. The van der Waals surface area contributed by atoms with Gasteiger partial charge in [0.2, 0.25) is 0 Å². The molecule has 0 bridgehead atoms. The number of hydrogen-bond acceptors (Lipinski definition) is 9. The maximum atomic E-state index is 12.4. The van der Waals surface area contributed by atoms with Crippen LogP contribution in [0.1, 0.15) is 142 Å². The first-order chi connectivity index (χ1) is 25.0. The van der Waals surface area contributed by atoms with Gasteiger partial charge in [0.25, 0.3) is 0 Å². The number of aliphatic hydroxyl groups is 3. The molecule has 0 amide bonds. The highest BCUT2D eigenvalue weighted by Gasteiger charge is 2.39. The van der Waals surface area contributed by atoms with E-state index in [1.165, 1.54) is 19.3 Å². The van der Waals surface area contributed by atoms with Crippen molar-refractivity contribution in [3.8, 4) is 0 Å². The van der Waals surface area contributed by atoms with Crippen molar-refractivity contribution in [1.29, 1.82) is 0 Å². The van der Waals surface area contributed by atoms with Crippen LogP contribution in [-0.4, -0.2) is 74.7 Å². The Kier molecular flexibility index (Phi) is 27.9. The van der Waals surface area contributed by atoms with Gasteiger partial charge in [0.05, 0.1) is 31.3 Å². The molecule has 1 rings (SSSR count). The molecule has 0 radical (unpaired) electrons. The average molecular weight is 757 g/mol. The van der Waals surface area contributed by atoms with Crippen molar-refractivity contribution >= 4 is 19.8 Å². The fourth-order valence-electron chi connectivity index (χ4n) is 6.14. The van der Waals surface area contributed by atoms with Crippen molar-refractivity contribution in [3.63, 3.8) is 0 Å². The fourth-order valence-corrected chi connectivity index (χ4v) is 6.50. The number of carbonyl (C=O) groups is 2. The van der Waals surface area contributed by atoms with E-state index in [2.05, 4.69) is 42.7 Å². The molecule has 0 aromatic heterocycles. The van der Waals surface area contributed by atoms with Crippen LogP contribution in [0, 0.1) is 11.8 Å². The lowest BCUT2D eigenvalue weighted by molar-refractivity contribution is -0.160. The highest BCUT2D eigenvalue weighted by Crippen LogP contribution is 2.37. The van der Waals surface area contributed by atoms with Crippen LogP contribution in [0.15, 0.2) is 48.6 Å². The minimum Gasteiger partial charge on any atom is -0.461 e. The second-order valence-corrected chi connectivity index (χ2v) is 15.1. The zero-order valence-electron chi connectivity index (χ0n) is 31.8. The minimum atomic E-state index is -4.84. The third-order valence-corrected chi connectivity index (χ3v) is 9.66. The predicted molar refractivity (Wildman–Crippen MR) is 204 cm³/mol. The Bertz CT molecular complexity index is 1100. The SMILES string of the molecule is CCCCC/C=C\C/C=C\CCCCCCCCC(=O)O[C@H](COC(=O)C/C=C\C[C@H]1[C@@H](/C=C/[C@H](O)CCCCC)[C@H](O)C[C@@H]1O)COP(=O)(O)O. The lowest BCUT2D eigenvalue weighted by Crippen LogP contribution is -2.29. The summed E-state index contributed by atoms with van der Waals surface area (Å²) in [7, 11) is -4.84. The van der Waals surface area contributed by atoms with Crippen molar-refractivity contribution in [2.45, 2.75) is 167 Å². The van der Waals surface area contributed by atoms with Gasteiger partial charge >= 0.3 is 19.8 Å². The second-order valence-electron chi connectivity index (χ2n) is 13.9. The van der Waals surface area contributed by atoms with Crippen LogP contribution in [-0.2, 0) is 28.2 Å². The Hall–Kier alpha value is -2.11. The van der Waals surface area contributed by atoms with Gasteiger partial charge in [-0.05, 0) is 57.3 Å². The number of phosphoric ester groups is 1. The Balaban J connectivity index is 2.37. The van der Waals surface area contributed by atoms with Gasteiger partial charge in [0.15, 0.2) is 6.10 Å². The third-order valence-electron chi connectivity index (χ3n) is 9.17. The van der Waals surface area contributed by atoms with Gasteiger partial charge in [0, 0.05) is 18.8 Å². The number of allylic oxidation sites excluding steroid dienone is 5. The smallest absolute Gasteiger partial charge is 0.461 e. The highest BCUT2D eigenvalue weighted by molar-refractivity contribution is 7.46. The standard InChI is InChI=1S/C40H69O11P/c1-3-5-7-8-9-10-11-12-13-14-15-16-17-18-19-21-27-40(45)51-34(32-50-52(46,47)48)31-49-39(44)26-23-22-25-35-36(38(43)30-37(35)42)29-28-33(41)24-20-6-4-2/h9-10,12-13,22-23,28-29,33-38,41-43H,3-8,11,14-21,24-27,30-32H2,1-2H3,(H2,46,47,48)/b10-9-,13-12-,23-22-,29-28+/t33-,34-,35+,36-,37+,38-/m1/s1. The summed E-state index contributed by atoms with van der Waals surface area (Å²) in [4.78, 5) is 43.0. The number of ether oxygens (including phenoxy) is 2. The van der Waals surface area contributed by atoms with E-state index in [1.54, 1.807) is 24.3 Å². The summed E-state index contributed by atoms with van der Waals surface area (Å²) in [6.07, 6.45) is 29.6. The molecule has 11 nitrogen and oxygen atoms in total. The molecule has 1 saturated carbocycles. The maximum absolute atomic E-state index is 12.4. The van der Waals surface area contributed by atoms with E-state index in [4.69, 9.17) is 19.3 Å². The summed E-state index contributed by atoms with van der Waals surface area (Å²) >= 11 is 0. The van der Waals surface area contributed by atoms with E-state index in [1.807, 2.05) is 0 Å². The van der Waals surface area contributed by atoms with Gasteiger partial charge in [-0.3, -0.25) is 14.1 Å². The lowest BCUT2D eigenvalue weighted by Gasteiger charge is -2.19. The molecule has 52 heavy (non-hydrogen) atoms. The molecule has 0 heterocycles. The van der Waals surface area contributed by atoms with Crippen molar-refractivity contribution in [3.05, 3.63) is 48.6 Å². The third kappa shape index (κ3) is 25.8. The Morgan fingerprint density at radius 2 is 1.40 bits per heavy atom. The molecule has 12 heteroatoms. The number of aliphatic hydroxyl groups excluding tert-OH is 3. The highest BCUT2D eigenvalue weighted by atomic mass is 31.2. The van der Waals surface area contributed by atoms with Crippen molar-refractivity contribution in [1.82, 2.24) is 0 Å². The van der Waals surface area contributed by atoms with E-state index in [9.17, 15) is 29.5 Å². The molecular formula is C40H69O11P. The van der Waals surface area contributed by atoms with Gasteiger partial charge in [-0.25, -0.2) is 4.57 Å². The van der Waals surface area contributed by atoms with Crippen molar-refractivity contribution < 1.29 is 53.3 Å². The normalized spacial score (nSPS) is 20.8. The average Bonchev–Trinajstić information content (AvgIpc) is 3.37. The quantitative estimate of drug-likeness (QED) is 0.0201. The number of unbranched alkanes of at least 4 members (excludes halogenated alkanes) is 11. The molecule has 0 aliphatic heterocycles. The largest absolute Gasteiger partial charge is 0.469 e. The summed E-state index contributed by atoms with van der Waals surface area (Å²) in [5.74, 6) is -1.81. The van der Waals surface area contributed by atoms with Crippen LogP contribution in [0.2, 0.25) is 0 Å². The molecule has 300 valence electrons. The topological polar surface area (TPSA) is 180 Å². The summed E-state index contributed by atoms with van der Waals surface area (Å²) in [5.41, 5.74) is 0. The van der Waals surface area contributed by atoms with Crippen LogP contribution in [0.3, 0.4) is 0 Å². The van der Waals surface area contributed by atoms with Crippen LogP contribution < -0.4 is 0 Å². The first-order valence-corrected chi connectivity index (χ1v) is 21.2. The predicted octanol–water partition coefficient (Wildman–Crippen LogP) is 7.95. The lowest BCUT2D eigenvalue weighted by atomic mass is 9.89. The molecule has 0 spiro atoms. The van der Waals surface area contributed by atoms with Gasteiger partial charge in [-0.15, -0.1) is 0 Å². The van der Waals surface area contributed by atoms with Crippen LogP contribution in [0.4, 0.5) is 0 Å². The van der Waals surface area contributed by atoms with Crippen molar-refractivity contribution in [2.24, 2.45) is 11.8 Å². The van der Waals surface area contributed by atoms with Crippen LogP contribution in [0.5, 0.6) is 0 Å². The van der Waals surface area contributed by atoms with Gasteiger partial charge in [0.1, 0.15) is 6.61 Å². The Morgan fingerprint density at radius 3 is 2.08 bits per heavy atom. The number of hydrogen-bond donors (Lipinski definition) is 5. The molecule has 5 N–H and O–H groups in total. The molecule has 1 fully saturated rings. The molecule has 1 aliphatic rings. The Labute approximate surface area is 312 Å². The van der Waals surface area contributed by atoms with E-state index in [0.717, 1.165) is 70.6 Å². The van der Waals surface area contributed by atoms with Gasteiger partial charge in [-0.1, -0.05) is 120 Å². The summed E-state index contributed by atoms with van der Waals surface area (Å²) < 4.78 is 26.3. The number of phosphoric acid groups is 1. The van der Waals surface area contributed by atoms with E-state index < -0.39 is 57.4 Å². The number of rotatable bonds is 31. The molecule has 0 aromatic rings. The first-order valence-electron chi connectivity index (χ1n) is 19.7. The van der Waals surface area contributed by atoms with Crippen LogP contribution in [0.25, 0.3) is 0 Å². The monoisotopic (exact) mass is 756 g/mol. The van der Waals surface area contributed by atoms with Gasteiger partial charge < -0.3 is 34.6 Å². The molecule has 0 unspecified atom stereocenters. The molecular weight excluding hydrogens is 687 g/mol. The zero-order valence-corrected chi connectivity index (χ0v) is 32.7. The van der Waals surface area contributed by atoms with E-state index in [0.29, 0.717) is 19.3 Å². The second kappa shape index (κ2) is 30.2. The summed E-state index contributed by atoms with van der Waals surface area (Å²) in [6.45, 7) is 3.25. The molecule has 6 atom stereocenters. The minimum absolute atomic E-state index is 0.116. The molecule has 0 saturated heterocycles. The van der Waals surface area contributed by atoms with Crippen molar-refractivity contribution in [2.75, 3.05) is 13.2 Å².